The summed E-state index contributed by atoms with van der Waals surface area (Å²) in [7, 11) is 0. The number of hydrogen-bond donors (Lipinski definition) is 2. The van der Waals surface area contributed by atoms with Crippen LogP contribution in [0.25, 0.3) is 0 Å². The topological polar surface area (TPSA) is 38.0 Å². The quantitative estimate of drug-likeness (QED) is 0.807. The van der Waals surface area contributed by atoms with Crippen molar-refractivity contribution in [2.24, 2.45) is 5.73 Å². The summed E-state index contributed by atoms with van der Waals surface area (Å²) in [5.74, 6) is 0. The Kier molecular flexibility index (Phi) is 5.32. The molecule has 20 heavy (non-hydrogen) atoms. The minimum absolute atomic E-state index is 0.0692. The summed E-state index contributed by atoms with van der Waals surface area (Å²) >= 11 is 6.30. The van der Waals surface area contributed by atoms with Crippen LogP contribution >= 0.6 is 24.0 Å². The zero-order valence-corrected chi connectivity index (χ0v) is 13.1. The lowest BCUT2D eigenvalue weighted by molar-refractivity contribution is -0.137. The minimum atomic E-state index is -4.48. The zero-order valence-electron chi connectivity index (χ0n) is 11.5. The molecule has 0 aliphatic carbocycles. The summed E-state index contributed by atoms with van der Waals surface area (Å²) in [6, 6.07) is 3.91. The van der Waals surface area contributed by atoms with Gasteiger partial charge in [0.15, 0.2) is 0 Å². The molecule has 2 nitrogen and oxygen atoms in total. The molecule has 0 unspecified atom stereocenters. The SMILES string of the molecule is CSC(C)(C)CNc1ccc(C(N)=S)c(C(F)(F)F)c1. The second kappa shape index (κ2) is 6.22. The smallest absolute Gasteiger partial charge is 0.389 e. The predicted molar refractivity (Wildman–Crippen MR) is 83.4 cm³/mol. The third kappa shape index (κ3) is 4.56. The molecule has 0 fully saturated rings. The van der Waals surface area contributed by atoms with Gasteiger partial charge < -0.3 is 11.1 Å². The number of benzene rings is 1. The molecule has 0 saturated heterocycles. The molecule has 0 saturated carbocycles. The van der Waals surface area contributed by atoms with Crippen molar-refractivity contribution in [2.45, 2.75) is 24.8 Å². The summed E-state index contributed by atoms with van der Waals surface area (Å²) in [5, 5.41) is 3.01. The van der Waals surface area contributed by atoms with Gasteiger partial charge in [0.25, 0.3) is 0 Å². The van der Waals surface area contributed by atoms with E-state index in [1.165, 1.54) is 6.07 Å². The van der Waals surface area contributed by atoms with Gasteiger partial charge in [0.1, 0.15) is 4.99 Å². The number of alkyl halides is 3. The molecule has 0 aliphatic rings. The highest BCUT2D eigenvalue weighted by atomic mass is 32.2. The van der Waals surface area contributed by atoms with Crippen LogP contribution in [0.2, 0.25) is 0 Å². The average Bonchev–Trinajstić information content (AvgIpc) is 2.35. The van der Waals surface area contributed by atoms with E-state index in [0.29, 0.717) is 12.2 Å². The van der Waals surface area contributed by atoms with Crippen molar-refractivity contribution in [3.05, 3.63) is 29.3 Å². The van der Waals surface area contributed by atoms with E-state index in [9.17, 15) is 13.2 Å². The van der Waals surface area contributed by atoms with E-state index >= 15 is 0 Å². The average molecular weight is 322 g/mol. The van der Waals surface area contributed by atoms with Crippen molar-refractivity contribution in [1.82, 2.24) is 0 Å². The number of rotatable bonds is 5. The van der Waals surface area contributed by atoms with Crippen molar-refractivity contribution >= 4 is 34.7 Å². The Bertz CT molecular complexity index is 499. The van der Waals surface area contributed by atoms with Crippen LogP contribution in [-0.2, 0) is 6.18 Å². The first-order chi connectivity index (χ1) is 9.07. The molecule has 0 spiro atoms. The fourth-order valence-corrected chi connectivity index (χ4v) is 1.89. The largest absolute Gasteiger partial charge is 0.417 e. The van der Waals surface area contributed by atoms with Gasteiger partial charge in [-0.25, -0.2) is 0 Å². The van der Waals surface area contributed by atoms with E-state index in [0.717, 1.165) is 6.07 Å². The molecule has 1 aromatic rings. The molecule has 0 bridgehead atoms. The Labute approximate surface area is 126 Å². The number of anilines is 1. The summed E-state index contributed by atoms with van der Waals surface area (Å²) in [5.41, 5.74) is 4.78. The highest BCUT2D eigenvalue weighted by molar-refractivity contribution is 7.99. The predicted octanol–water partition coefficient (Wildman–Crippen LogP) is 3.89. The Morgan fingerprint density at radius 1 is 1.35 bits per heavy atom. The van der Waals surface area contributed by atoms with Gasteiger partial charge in [-0.15, -0.1) is 0 Å². The number of thiocarbonyl (C=S) groups is 1. The van der Waals surface area contributed by atoms with Gasteiger partial charge in [-0.1, -0.05) is 12.2 Å². The van der Waals surface area contributed by atoms with Gasteiger partial charge in [0.05, 0.1) is 5.56 Å². The first kappa shape index (κ1) is 17.1. The zero-order chi connectivity index (χ0) is 15.6. The molecule has 1 aromatic carbocycles. The van der Waals surface area contributed by atoms with Crippen molar-refractivity contribution < 1.29 is 13.2 Å². The summed E-state index contributed by atoms with van der Waals surface area (Å²) in [6.07, 6.45) is -2.52. The fraction of sp³-hybridized carbons (Fsp3) is 0.462. The summed E-state index contributed by atoms with van der Waals surface area (Å²) in [6.45, 7) is 4.58. The van der Waals surface area contributed by atoms with Gasteiger partial charge in [0, 0.05) is 22.5 Å². The van der Waals surface area contributed by atoms with Gasteiger partial charge in [-0.3, -0.25) is 0 Å². The van der Waals surface area contributed by atoms with E-state index < -0.39 is 11.7 Å². The van der Waals surface area contributed by atoms with Gasteiger partial charge >= 0.3 is 6.18 Å². The fourth-order valence-electron chi connectivity index (χ4n) is 1.49. The van der Waals surface area contributed by atoms with Crippen molar-refractivity contribution in [3.8, 4) is 0 Å². The second-order valence-corrected chi connectivity index (χ2v) is 6.89. The van der Waals surface area contributed by atoms with Crippen molar-refractivity contribution in [1.29, 1.82) is 0 Å². The van der Waals surface area contributed by atoms with Crippen LogP contribution in [-0.4, -0.2) is 22.5 Å². The molecule has 0 radical (unpaired) electrons. The molecular weight excluding hydrogens is 305 g/mol. The number of nitrogens with two attached hydrogens (primary N) is 1. The van der Waals surface area contributed by atoms with Crippen LogP contribution in [0.15, 0.2) is 18.2 Å². The Balaban J connectivity index is 3.05. The lowest BCUT2D eigenvalue weighted by atomic mass is 10.1. The molecule has 0 atom stereocenters. The maximum atomic E-state index is 13.0. The van der Waals surface area contributed by atoms with Crippen LogP contribution in [0.1, 0.15) is 25.0 Å². The van der Waals surface area contributed by atoms with Crippen LogP contribution in [0.3, 0.4) is 0 Å². The van der Waals surface area contributed by atoms with E-state index in [1.54, 1.807) is 17.8 Å². The molecule has 0 heterocycles. The van der Waals surface area contributed by atoms with E-state index in [2.05, 4.69) is 17.5 Å². The number of hydrogen-bond acceptors (Lipinski definition) is 3. The Morgan fingerprint density at radius 3 is 2.40 bits per heavy atom. The van der Waals surface area contributed by atoms with Gasteiger partial charge in [-0.05, 0) is 38.3 Å². The van der Waals surface area contributed by atoms with Gasteiger partial charge in [0.2, 0.25) is 0 Å². The molecular formula is C13H17F3N2S2. The highest BCUT2D eigenvalue weighted by Gasteiger charge is 2.34. The lowest BCUT2D eigenvalue weighted by Crippen LogP contribution is -2.26. The van der Waals surface area contributed by atoms with Crippen LogP contribution in [0, 0.1) is 0 Å². The minimum Gasteiger partial charge on any atom is -0.389 e. The number of nitrogens with one attached hydrogen (secondary N) is 1. The van der Waals surface area contributed by atoms with Crippen LogP contribution in [0.4, 0.5) is 18.9 Å². The van der Waals surface area contributed by atoms with Crippen molar-refractivity contribution in [3.63, 3.8) is 0 Å². The van der Waals surface area contributed by atoms with Crippen molar-refractivity contribution in [2.75, 3.05) is 18.1 Å². The number of halogens is 3. The molecule has 0 aliphatic heterocycles. The molecule has 1 rings (SSSR count). The second-order valence-electron chi connectivity index (χ2n) is 4.94. The first-order valence-corrected chi connectivity index (χ1v) is 7.50. The van der Waals surface area contributed by atoms with Crippen LogP contribution in [0.5, 0.6) is 0 Å². The third-order valence-corrected chi connectivity index (χ3v) is 4.33. The maximum Gasteiger partial charge on any atom is 0.417 e. The molecule has 7 heteroatoms. The monoisotopic (exact) mass is 322 g/mol. The number of thioether (sulfide) groups is 1. The first-order valence-electron chi connectivity index (χ1n) is 5.87. The lowest BCUT2D eigenvalue weighted by Gasteiger charge is -2.23. The van der Waals surface area contributed by atoms with Gasteiger partial charge in [-0.2, -0.15) is 24.9 Å². The van der Waals surface area contributed by atoms with E-state index in [4.69, 9.17) is 5.73 Å². The Morgan fingerprint density at radius 2 is 1.95 bits per heavy atom. The summed E-state index contributed by atoms with van der Waals surface area (Å²) < 4.78 is 38.9. The maximum absolute atomic E-state index is 13.0. The highest BCUT2D eigenvalue weighted by Crippen LogP contribution is 2.34. The third-order valence-electron chi connectivity index (χ3n) is 2.86. The molecule has 0 amide bonds. The standard InChI is InChI=1S/C13H17F3N2S2/c1-12(2,20-3)7-18-8-4-5-9(11(17)19)10(6-8)13(14,15)16/h4-6,18H,7H2,1-3H3,(H2,17,19). The van der Waals surface area contributed by atoms with E-state index in [1.807, 2.05) is 20.1 Å². The molecule has 112 valence electrons. The Hall–Kier alpha value is -0.950. The van der Waals surface area contributed by atoms with Crippen LogP contribution < -0.4 is 11.1 Å². The van der Waals surface area contributed by atoms with E-state index in [-0.39, 0.29) is 15.3 Å². The summed E-state index contributed by atoms with van der Waals surface area (Å²) in [4.78, 5) is -0.256. The normalized spacial score (nSPS) is 12.3. The molecule has 0 aromatic heterocycles. The molecule has 3 N–H and O–H groups in total.